The number of carbonyl (C=O) groups excluding carboxylic acids is 1. The molecule has 124 valence electrons. The highest BCUT2D eigenvalue weighted by atomic mass is 16.5. The van der Waals surface area contributed by atoms with Crippen LogP contribution in [0.1, 0.15) is 64.7 Å². The van der Waals surface area contributed by atoms with E-state index in [-0.39, 0.29) is 6.61 Å². The number of hydrogen-bond donors (Lipinski definition) is 0. The second-order valence-corrected chi connectivity index (χ2v) is 5.21. The van der Waals surface area contributed by atoms with E-state index in [0.29, 0.717) is 13.2 Å². The SMILES string of the molecule is CCC/C=C\CCCCCCCCOCCOCC(=O)[O-]. The lowest BCUT2D eigenvalue weighted by atomic mass is 10.1. The molecule has 0 bridgehead atoms. The Kier molecular flexibility index (Phi) is 16.5. The fourth-order valence-electron chi connectivity index (χ4n) is 1.95. The van der Waals surface area contributed by atoms with Crippen molar-refractivity contribution < 1.29 is 19.4 Å². The smallest absolute Gasteiger partial charge is 0.0862 e. The van der Waals surface area contributed by atoms with Crippen molar-refractivity contribution in [2.45, 2.75) is 64.7 Å². The fraction of sp³-hybridized carbons (Fsp3) is 0.824. The molecule has 0 aromatic carbocycles. The molecule has 0 N–H and O–H groups in total. The molecule has 0 aliphatic carbocycles. The molecule has 0 radical (unpaired) electrons. The van der Waals surface area contributed by atoms with E-state index in [0.717, 1.165) is 13.0 Å². The summed E-state index contributed by atoms with van der Waals surface area (Å²) in [4.78, 5) is 10.1. The molecule has 0 amide bonds. The minimum Gasteiger partial charge on any atom is -0.548 e. The summed E-state index contributed by atoms with van der Waals surface area (Å²) in [6.45, 7) is 3.36. The largest absolute Gasteiger partial charge is 0.548 e. The molecule has 4 nitrogen and oxygen atoms in total. The van der Waals surface area contributed by atoms with Gasteiger partial charge in [0.15, 0.2) is 0 Å². The minimum atomic E-state index is -1.18. The Morgan fingerprint density at radius 1 is 0.857 bits per heavy atom. The van der Waals surface area contributed by atoms with Crippen LogP contribution in [0.15, 0.2) is 12.2 Å². The van der Waals surface area contributed by atoms with Gasteiger partial charge in [0.1, 0.15) is 0 Å². The zero-order valence-corrected chi connectivity index (χ0v) is 13.5. The summed E-state index contributed by atoms with van der Waals surface area (Å²) >= 11 is 0. The lowest BCUT2D eigenvalue weighted by Gasteiger charge is -2.06. The lowest BCUT2D eigenvalue weighted by molar-refractivity contribution is -0.309. The quantitative estimate of drug-likeness (QED) is 0.325. The van der Waals surface area contributed by atoms with E-state index < -0.39 is 5.97 Å². The van der Waals surface area contributed by atoms with Gasteiger partial charge in [-0.2, -0.15) is 0 Å². The summed E-state index contributed by atoms with van der Waals surface area (Å²) in [5, 5.41) is 10.1. The zero-order valence-electron chi connectivity index (χ0n) is 13.5. The van der Waals surface area contributed by atoms with E-state index in [9.17, 15) is 9.90 Å². The number of ether oxygens (including phenoxy) is 2. The van der Waals surface area contributed by atoms with Gasteiger partial charge in [0, 0.05) is 6.61 Å². The van der Waals surface area contributed by atoms with Crippen LogP contribution in [0, 0.1) is 0 Å². The Bertz CT molecular complexity index is 251. The second kappa shape index (κ2) is 17.2. The van der Waals surface area contributed by atoms with Crippen LogP contribution in [0.5, 0.6) is 0 Å². The number of unbranched alkanes of at least 4 members (excludes halogenated alkanes) is 7. The summed E-state index contributed by atoms with van der Waals surface area (Å²) < 4.78 is 10.2. The molecule has 0 aliphatic heterocycles. The van der Waals surface area contributed by atoms with Crippen LogP contribution in [-0.2, 0) is 14.3 Å². The van der Waals surface area contributed by atoms with Crippen molar-refractivity contribution in [2.75, 3.05) is 26.4 Å². The van der Waals surface area contributed by atoms with E-state index in [1.54, 1.807) is 0 Å². The van der Waals surface area contributed by atoms with Crippen LogP contribution >= 0.6 is 0 Å². The number of carboxylic acids is 1. The highest BCUT2D eigenvalue weighted by molar-refractivity contribution is 5.65. The predicted molar refractivity (Wildman–Crippen MR) is 83.0 cm³/mol. The topological polar surface area (TPSA) is 58.6 Å². The second-order valence-electron chi connectivity index (χ2n) is 5.21. The van der Waals surface area contributed by atoms with Crippen molar-refractivity contribution in [1.82, 2.24) is 0 Å². The minimum absolute atomic E-state index is 0.319. The maximum absolute atomic E-state index is 10.1. The molecule has 0 aromatic rings. The summed E-state index contributed by atoms with van der Waals surface area (Å²) in [6, 6.07) is 0. The Labute approximate surface area is 129 Å². The Hall–Kier alpha value is -0.870. The lowest BCUT2D eigenvalue weighted by Crippen LogP contribution is -2.28. The van der Waals surface area contributed by atoms with E-state index in [2.05, 4.69) is 19.1 Å². The summed E-state index contributed by atoms with van der Waals surface area (Å²) in [5.74, 6) is -1.18. The van der Waals surface area contributed by atoms with Gasteiger partial charge < -0.3 is 19.4 Å². The molecule has 21 heavy (non-hydrogen) atoms. The van der Waals surface area contributed by atoms with Crippen LogP contribution < -0.4 is 5.11 Å². The standard InChI is InChI=1S/C17H32O4/c1-2-3-4-5-6-7-8-9-10-11-12-13-20-14-15-21-16-17(18)19/h4-5H,2-3,6-16H2,1H3,(H,18,19)/p-1/b5-4-. The molecule has 0 fully saturated rings. The van der Waals surface area contributed by atoms with Gasteiger partial charge in [-0.1, -0.05) is 51.2 Å². The Balaban J connectivity index is 3.01. The first-order valence-electron chi connectivity index (χ1n) is 8.27. The van der Waals surface area contributed by atoms with Gasteiger partial charge >= 0.3 is 0 Å². The molecular formula is C17H31O4-. The molecule has 0 unspecified atom stereocenters. The summed E-state index contributed by atoms with van der Waals surface area (Å²) in [6.07, 6.45) is 15.7. The first-order chi connectivity index (χ1) is 10.3. The molecule has 0 spiro atoms. The molecule has 0 saturated heterocycles. The molecular weight excluding hydrogens is 268 g/mol. The van der Waals surface area contributed by atoms with Crippen molar-refractivity contribution in [3.63, 3.8) is 0 Å². The molecule has 0 atom stereocenters. The first kappa shape index (κ1) is 20.1. The van der Waals surface area contributed by atoms with Crippen LogP contribution in [0.2, 0.25) is 0 Å². The zero-order chi connectivity index (χ0) is 15.6. The van der Waals surface area contributed by atoms with E-state index >= 15 is 0 Å². The van der Waals surface area contributed by atoms with Crippen molar-refractivity contribution >= 4 is 5.97 Å². The Morgan fingerprint density at radius 2 is 1.48 bits per heavy atom. The molecule has 0 rings (SSSR count). The van der Waals surface area contributed by atoms with Gasteiger partial charge in [0.25, 0.3) is 0 Å². The average Bonchev–Trinajstić information content (AvgIpc) is 2.46. The highest BCUT2D eigenvalue weighted by Gasteiger charge is 1.93. The molecule has 0 heterocycles. The van der Waals surface area contributed by atoms with Crippen LogP contribution in [0.3, 0.4) is 0 Å². The molecule has 0 saturated carbocycles. The van der Waals surface area contributed by atoms with E-state index in [1.165, 1.54) is 51.4 Å². The highest BCUT2D eigenvalue weighted by Crippen LogP contribution is 2.08. The molecule has 0 aliphatic rings. The van der Waals surface area contributed by atoms with Gasteiger partial charge in [-0.25, -0.2) is 0 Å². The number of allylic oxidation sites excluding steroid dienone is 2. The van der Waals surface area contributed by atoms with Crippen molar-refractivity contribution in [3.8, 4) is 0 Å². The van der Waals surface area contributed by atoms with Gasteiger partial charge in [-0.05, 0) is 25.7 Å². The van der Waals surface area contributed by atoms with Gasteiger partial charge in [0.2, 0.25) is 0 Å². The van der Waals surface area contributed by atoms with E-state index in [1.807, 2.05) is 0 Å². The summed E-state index contributed by atoms with van der Waals surface area (Å²) in [5.41, 5.74) is 0. The number of carboxylic acid groups (broad SMARTS) is 1. The van der Waals surface area contributed by atoms with Gasteiger partial charge in [0.05, 0.1) is 25.8 Å². The van der Waals surface area contributed by atoms with Crippen LogP contribution in [-0.4, -0.2) is 32.4 Å². The number of hydrogen-bond acceptors (Lipinski definition) is 4. The third kappa shape index (κ3) is 19.1. The molecule has 4 heteroatoms. The van der Waals surface area contributed by atoms with Gasteiger partial charge in [-0.3, -0.25) is 0 Å². The van der Waals surface area contributed by atoms with Crippen molar-refractivity contribution in [1.29, 1.82) is 0 Å². The maximum Gasteiger partial charge on any atom is 0.0862 e. The van der Waals surface area contributed by atoms with Crippen molar-refractivity contribution in [2.24, 2.45) is 0 Å². The Morgan fingerprint density at radius 3 is 2.19 bits per heavy atom. The van der Waals surface area contributed by atoms with Crippen molar-refractivity contribution in [3.05, 3.63) is 12.2 Å². The van der Waals surface area contributed by atoms with E-state index in [4.69, 9.17) is 9.47 Å². The maximum atomic E-state index is 10.1. The van der Waals surface area contributed by atoms with Gasteiger partial charge in [-0.15, -0.1) is 0 Å². The first-order valence-corrected chi connectivity index (χ1v) is 8.27. The monoisotopic (exact) mass is 299 g/mol. The van der Waals surface area contributed by atoms with Crippen LogP contribution in [0.4, 0.5) is 0 Å². The number of rotatable bonds is 16. The third-order valence-electron chi connectivity index (χ3n) is 3.12. The molecule has 0 aromatic heterocycles. The average molecular weight is 299 g/mol. The normalized spacial score (nSPS) is 11.3. The number of aliphatic carboxylic acids is 1. The predicted octanol–water partition coefficient (Wildman–Crippen LogP) is 2.86. The number of carbonyl (C=O) groups is 1. The third-order valence-corrected chi connectivity index (χ3v) is 3.12. The summed E-state index contributed by atoms with van der Waals surface area (Å²) in [7, 11) is 0. The fourth-order valence-corrected chi connectivity index (χ4v) is 1.95. The van der Waals surface area contributed by atoms with Crippen LogP contribution in [0.25, 0.3) is 0 Å².